The third kappa shape index (κ3) is 3.56. The van der Waals surface area contributed by atoms with Gasteiger partial charge in [0, 0.05) is 5.69 Å². The van der Waals surface area contributed by atoms with Crippen LogP contribution in [-0.2, 0) is 4.79 Å². The van der Waals surface area contributed by atoms with Crippen molar-refractivity contribution in [3.63, 3.8) is 0 Å². The summed E-state index contributed by atoms with van der Waals surface area (Å²) in [5.41, 5.74) is 0.905. The fourth-order valence-corrected chi connectivity index (χ4v) is 1.44. The van der Waals surface area contributed by atoms with E-state index in [1.807, 2.05) is 13.0 Å². The molecule has 0 aliphatic rings. The zero-order valence-electron chi connectivity index (χ0n) is 9.96. The minimum Gasteiger partial charge on any atom is -0.325 e. The molecule has 0 saturated carbocycles. The summed E-state index contributed by atoms with van der Waals surface area (Å²) in [4.78, 5) is 11.7. The maximum absolute atomic E-state index is 13.2. The van der Waals surface area contributed by atoms with E-state index in [1.165, 1.54) is 6.07 Å². The third-order valence-electron chi connectivity index (χ3n) is 2.49. The van der Waals surface area contributed by atoms with Gasteiger partial charge in [0.2, 0.25) is 5.91 Å². The second-order valence-electron chi connectivity index (χ2n) is 3.92. The fraction of sp³-hybridized carbons (Fsp3) is 0.385. The first-order valence-corrected chi connectivity index (χ1v) is 5.55. The molecule has 3 nitrogen and oxygen atoms in total. The van der Waals surface area contributed by atoms with Crippen molar-refractivity contribution < 1.29 is 9.18 Å². The minimum atomic E-state index is -0.677. The maximum Gasteiger partial charge on any atom is 0.241 e. The van der Waals surface area contributed by atoms with Gasteiger partial charge in [-0.05, 0) is 31.0 Å². The highest BCUT2D eigenvalue weighted by Crippen LogP contribution is 2.15. The molecule has 90 valence electrons. The first-order chi connectivity index (χ1) is 8.08. The number of aryl methyl sites for hydroxylation is 1. The lowest BCUT2D eigenvalue weighted by molar-refractivity contribution is -0.118. The average Bonchev–Trinajstić information content (AvgIpc) is 2.30. The van der Waals surface area contributed by atoms with Crippen LogP contribution in [0, 0.1) is 30.0 Å². The summed E-state index contributed by atoms with van der Waals surface area (Å²) in [6.45, 7) is 3.55. The van der Waals surface area contributed by atoms with Gasteiger partial charge in [-0.25, -0.2) is 4.39 Å². The Morgan fingerprint density at radius 3 is 2.82 bits per heavy atom. The van der Waals surface area contributed by atoms with Crippen molar-refractivity contribution in [1.82, 2.24) is 0 Å². The predicted molar refractivity (Wildman–Crippen MR) is 63.8 cm³/mol. The van der Waals surface area contributed by atoms with E-state index in [2.05, 4.69) is 5.32 Å². The smallest absolute Gasteiger partial charge is 0.241 e. The molecule has 4 heteroatoms. The Hall–Kier alpha value is -1.89. The van der Waals surface area contributed by atoms with Crippen LogP contribution in [0.3, 0.4) is 0 Å². The van der Waals surface area contributed by atoms with Gasteiger partial charge in [0.05, 0.1) is 6.07 Å². The highest BCUT2D eigenvalue weighted by molar-refractivity contribution is 5.94. The lowest BCUT2D eigenvalue weighted by Gasteiger charge is -2.09. The van der Waals surface area contributed by atoms with E-state index in [0.717, 1.165) is 6.42 Å². The van der Waals surface area contributed by atoms with Crippen molar-refractivity contribution >= 4 is 11.6 Å². The van der Waals surface area contributed by atoms with Gasteiger partial charge < -0.3 is 5.32 Å². The molecule has 1 atom stereocenters. The van der Waals surface area contributed by atoms with Crippen molar-refractivity contribution in [1.29, 1.82) is 5.26 Å². The van der Waals surface area contributed by atoms with Gasteiger partial charge in [-0.2, -0.15) is 5.26 Å². The van der Waals surface area contributed by atoms with Crippen LogP contribution < -0.4 is 5.32 Å². The number of nitriles is 1. The summed E-state index contributed by atoms with van der Waals surface area (Å²) in [6, 6.07) is 6.41. The van der Waals surface area contributed by atoms with Crippen LogP contribution in [0.1, 0.15) is 25.3 Å². The first kappa shape index (κ1) is 13.2. The largest absolute Gasteiger partial charge is 0.325 e. The van der Waals surface area contributed by atoms with Crippen molar-refractivity contribution in [2.45, 2.75) is 26.7 Å². The summed E-state index contributed by atoms with van der Waals surface area (Å²) in [7, 11) is 0. The number of nitrogens with zero attached hydrogens (tertiary/aromatic N) is 1. The summed E-state index contributed by atoms with van der Waals surface area (Å²) in [6.07, 6.45) is 1.27. The molecule has 1 N–H and O–H groups in total. The van der Waals surface area contributed by atoms with E-state index < -0.39 is 5.92 Å². The van der Waals surface area contributed by atoms with Gasteiger partial charge in [-0.3, -0.25) is 4.79 Å². The molecule has 17 heavy (non-hydrogen) atoms. The van der Waals surface area contributed by atoms with Crippen molar-refractivity contribution in [2.24, 2.45) is 5.92 Å². The molecule has 0 radical (unpaired) electrons. The molecule has 0 spiro atoms. The SMILES string of the molecule is CCCC(C#N)C(=O)Nc1ccc(C)c(F)c1. The molecule has 0 aliphatic carbocycles. The fourth-order valence-electron chi connectivity index (χ4n) is 1.44. The van der Waals surface area contributed by atoms with Crippen LogP contribution >= 0.6 is 0 Å². The van der Waals surface area contributed by atoms with Crippen molar-refractivity contribution in [3.05, 3.63) is 29.6 Å². The second kappa shape index (κ2) is 6.00. The van der Waals surface area contributed by atoms with Gasteiger partial charge in [0.1, 0.15) is 11.7 Å². The molecule has 1 amide bonds. The molecule has 1 aromatic rings. The van der Waals surface area contributed by atoms with E-state index in [-0.39, 0.29) is 11.7 Å². The third-order valence-corrected chi connectivity index (χ3v) is 2.49. The van der Waals surface area contributed by atoms with Gasteiger partial charge in [0.25, 0.3) is 0 Å². The molecule has 0 aromatic heterocycles. The maximum atomic E-state index is 13.2. The zero-order chi connectivity index (χ0) is 12.8. The molecular weight excluding hydrogens is 219 g/mol. The van der Waals surface area contributed by atoms with Gasteiger partial charge in [0.15, 0.2) is 0 Å². The van der Waals surface area contributed by atoms with Crippen LogP contribution in [0.15, 0.2) is 18.2 Å². The summed E-state index contributed by atoms with van der Waals surface area (Å²) < 4.78 is 13.2. The minimum absolute atomic E-state index is 0.369. The molecule has 0 aliphatic heterocycles. The Morgan fingerprint density at radius 1 is 1.59 bits per heavy atom. The number of anilines is 1. The number of nitrogens with one attached hydrogen (secondary N) is 1. The number of hydrogen-bond acceptors (Lipinski definition) is 2. The molecule has 1 aromatic carbocycles. The van der Waals surface area contributed by atoms with E-state index >= 15 is 0 Å². The molecule has 0 heterocycles. The number of carbonyl (C=O) groups excluding carboxylic acids is 1. The van der Waals surface area contributed by atoms with Crippen LogP contribution in [0.25, 0.3) is 0 Å². The van der Waals surface area contributed by atoms with Gasteiger partial charge in [-0.15, -0.1) is 0 Å². The molecule has 0 bridgehead atoms. The number of halogens is 1. The molecule has 0 fully saturated rings. The molecular formula is C13H15FN2O. The Morgan fingerprint density at radius 2 is 2.29 bits per heavy atom. The summed E-state index contributed by atoms with van der Waals surface area (Å²) >= 11 is 0. The van der Waals surface area contributed by atoms with Crippen LogP contribution in [0.5, 0.6) is 0 Å². The number of carbonyl (C=O) groups is 1. The molecule has 1 rings (SSSR count). The monoisotopic (exact) mass is 234 g/mol. The van der Waals surface area contributed by atoms with Crippen molar-refractivity contribution in [3.8, 4) is 6.07 Å². The topological polar surface area (TPSA) is 52.9 Å². The normalized spacial score (nSPS) is 11.6. The van der Waals surface area contributed by atoms with E-state index in [0.29, 0.717) is 17.7 Å². The highest BCUT2D eigenvalue weighted by Gasteiger charge is 2.16. The lowest BCUT2D eigenvalue weighted by atomic mass is 10.0. The Balaban J connectivity index is 2.74. The van der Waals surface area contributed by atoms with Crippen LogP contribution in [-0.4, -0.2) is 5.91 Å². The van der Waals surface area contributed by atoms with E-state index in [9.17, 15) is 9.18 Å². The zero-order valence-corrected chi connectivity index (χ0v) is 9.96. The Labute approximate surface area is 100 Å². The number of amides is 1. The first-order valence-electron chi connectivity index (χ1n) is 5.55. The van der Waals surface area contributed by atoms with E-state index in [1.54, 1.807) is 19.1 Å². The molecule has 1 unspecified atom stereocenters. The average molecular weight is 234 g/mol. The second-order valence-corrected chi connectivity index (χ2v) is 3.92. The Bertz CT molecular complexity index is 451. The summed E-state index contributed by atoms with van der Waals surface area (Å²) in [5.74, 6) is -1.42. The van der Waals surface area contributed by atoms with Gasteiger partial charge >= 0.3 is 0 Å². The lowest BCUT2D eigenvalue weighted by Crippen LogP contribution is -2.21. The molecule has 0 saturated heterocycles. The Kier molecular flexibility index (Phi) is 4.65. The van der Waals surface area contributed by atoms with Crippen LogP contribution in [0.2, 0.25) is 0 Å². The number of hydrogen-bond donors (Lipinski definition) is 1. The highest BCUT2D eigenvalue weighted by atomic mass is 19.1. The quantitative estimate of drug-likeness (QED) is 0.870. The predicted octanol–water partition coefficient (Wildman–Crippen LogP) is 3.01. The van der Waals surface area contributed by atoms with Crippen molar-refractivity contribution in [2.75, 3.05) is 5.32 Å². The number of benzene rings is 1. The van der Waals surface area contributed by atoms with Crippen LogP contribution in [0.4, 0.5) is 10.1 Å². The summed E-state index contributed by atoms with van der Waals surface area (Å²) in [5, 5.41) is 11.4. The van der Waals surface area contributed by atoms with Gasteiger partial charge in [-0.1, -0.05) is 19.4 Å². The van der Waals surface area contributed by atoms with E-state index in [4.69, 9.17) is 5.26 Å². The standard InChI is InChI=1S/C13H15FN2O/c1-3-4-10(8-15)13(17)16-11-6-5-9(2)12(14)7-11/h5-7,10H,3-4H2,1-2H3,(H,16,17). The number of rotatable bonds is 4.